The predicted octanol–water partition coefficient (Wildman–Crippen LogP) is 4.75. The molecule has 1 amide bonds. The van der Waals surface area contributed by atoms with Crippen LogP contribution in [0.25, 0.3) is 0 Å². The number of sulfone groups is 1. The molecular weight excluding hydrogens is 378 g/mol. The molecule has 0 aromatic heterocycles. The van der Waals surface area contributed by atoms with E-state index in [1.165, 1.54) is 0 Å². The van der Waals surface area contributed by atoms with E-state index in [1.54, 1.807) is 24.8 Å². The average Bonchev–Trinajstić information content (AvgIpc) is 3.16. The van der Waals surface area contributed by atoms with Crippen molar-refractivity contribution in [3.63, 3.8) is 0 Å². The Balaban J connectivity index is 1.99. The van der Waals surface area contributed by atoms with E-state index in [0.717, 1.165) is 23.3 Å². The third-order valence-corrected chi connectivity index (χ3v) is 8.71. The number of nitrogens with one attached hydrogen (secondary N) is 1. The van der Waals surface area contributed by atoms with Crippen LogP contribution in [0.1, 0.15) is 36.8 Å². The summed E-state index contributed by atoms with van der Waals surface area (Å²) in [6.45, 7) is 3.65. The Labute approximate surface area is 165 Å². The lowest BCUT2D eigenvalue weighted by Crippen LogP contribution is -2.47. The lowest BCUT2D eigenvalue weighted by molar-refractivity contribution is -0.118. The predicted molar refractivity (Wildman–Crippen MR) is 111 cm³/mol. The van der Waals surface area contributed by atoms with Gasteiger partial charge in [-0.25, -0.2) is 8.42 Å². The molecule has 4 nitrogen and oxygen atoms in total. The summed E-state index contributed by atoms with van der Waals surface area (Å²) in [5, 5.41) is 2.86. The number of rotatable bonds is 5. The molecule has 1 aliphatic carbocycles. The second-order valence-corrected chi connectivity index (χ2v) is 10.3. The first-order chi connectivity index (χ1) is 12.8. The first-order valence-corrected chi connectivity index (χ1v) is 11.8. The van der Waals surface area contributed by atoms with Crippen LogP contribution < -0.4 is 5.32 Å². The largest absolute Gasteiger partial charge is 0.325 e. The molecule has 1 N–H and O–H groups in total. The minimum Gasteiger partial charge on any atom is -0.325 e. The van der Waals surface area contributed by atoms with Gasteiger partial charge in [-0.05, 0) is 74.4 Å². The van der Waals surface area contributed by atoms with E-state index in [0.29, 0.717) is 24.1 Å². The van der Waals surface area contributed by atoms with Gasteiger partial charge in [0.2, 0.25) is 5.91 Å². The number of thioether (sulfide) groups is 1. The second kappa shape index (κ2) is 7.68. The van der Waals surface area contributed by atoms with Gasteiger partial charge in [0.25, 0.3) is 0 Å². The smallest absolute Gasteiger partial charge is 0.246 e. The molecule has 2 aromatic carbocycles. The van der Waals surface area contributed by atoms with E-state index in [1.807, 2.05) is 49.6 Å². The summed E-state index contributed by atoms with van der Waals surface area (Å²) in [5.41, 5.74) is 2.18. The number of hydrogen-bond donors (Lipinski definition) is 1. The highest BCUT2D eigenvalue weighted by atomic mass is 32.2. The third-order valence-electron chi connectivity index (χ3n) is 5.32. The summed E-state index contributed by atoms with van der Waals surface area (Å²) >= 11 is 1.62. The van der Waals surface area contributed by atoms with Gasteiger partial charge >= 0.3 is 0 Å². The molecule has 0 radical (unpaired) electrons. The number of carbonyl (C=O) groups excluding carboxylic acids is 1. The quantitative estimate of drug-likeness (QED) is 0.732. The third kappa shape index (κ3) is 3.65. The van der Waals surface area contributed by atoms with Crippen molar-refractivity contribution in [3.05, 3.63) is 53.6 Å². The zero-order chi connectivity index (χ0) is 19.7. The number of carbonyl (C=O) groups is 1. The first kappa shape index (κ1) is 20.0. The molecule has 27 heavy (non-hydrogen) atoms. The van der Waals surface area contributed by atoms with Gasteiger partial charge in [0.05, 0.1) is 4.90 Å². The van der Waals surface area contributed by atoms with Gasteiger partial charge in [-0.1, -0.05) is 25.0 Å². The van der Waals surface area contributed by atoms with Crippen LogP contribution in [0, 0.1) is 13.8 Å². The highest BCUT2D eigenvalue weighted by molar-refractivity contribution is 7.98. The van der Waals surface area contributed by atoms with Crippen molar-refractivity contribution < 1.29 is 13.2 Å². The molecule has 1 aliphatic rings. The van der Waals surface area contributed by atoms with Crippen LogP contribution >= 0.6 is 11.8 Å². The average molecular weight is 404 g/mol. The van der Waals surface area contributed by atoms with Crippen molar-refractivity contribution in [2.45, 2.75) is 54.1 Å². The molecule has 6 heteroatoms. The summed E-state index contributed by atoms with van der Waals surface area (Å²) in [7, 11) is -3.80. The van der Waals surface area contributed by atoms with Crippen LogP contribution in [0.15, 0.2) is 52.3 Å². The molecule has 1 fully saturated rings. The Hall–Kier alpha value is -1.79. The standard InChI is InChI=1S/C21H25NO3S2/c1-15-6-7-16(2)19(14-15)27(24,25)21(12-4-5-13-21)20(23)22-17-8-10-18(26-3)11-9-17/h6-11,14H,4-5,12-13H2,1-3H3,(H,22,23). The minimum atomic E-state index is -3.80. The Morgan fingerprint density at radius 3 is 2.26 bits per heavy atom. The maximum absolute atomic E-state index is 13.6. The van der Waals surface area contributed by atoms with E-state index < -0.39 is 20.5 Å². The van der Waals surface area contributed by atoms with E-state index >= 15 is 0 Å². The van der Waals surface area contributed by atoms with Gasteiger partial charge in [-0.2, -0.15) is 0 Å². The summed E-state index contributed by atoms with van der Waals surface area (Å²) in [6.07, 6.45) is 4.18. The second-order valence-electron chi connectivity index (χ2n) is 7.16. The number of amides is 1. The van der Waals surface area contributed by atoms with Gasteiger partial charge in [0.15, 0.2) is 14.6 Å². The molecule has 0 atom stereocenters. The molecule has 0 saturated heterocycles. The highest BCUT2D eigenvalue weighted by Crippen LogP contribution is 2.42. The summed E-state index contributed by atoms with van der Waals surface area (Å²) < 4.78 is 25.8. The van der Waals surface area contributed by atoms with Gasteiger partial charge in [-0.3, -0.25) is 4.79 Å². The van der Waals surface area contributed by atoms with Crippen LogP contribution in [0.4, 0.5) is 5.69 Å². The van der Waals surface area contributed by atoms with Gasteiger partial charge in [0.1, 0.15) is 0 Å². The maximum atomic E-state index is 13.6. The van der Waals surface area contributed by atoms with Crippen molar-refractivity contribution in [1.82, 2.24) is 0 Å². The van der Waals surface area contributed by atoms with Crippen molar-refractivity contribution >= 4 is 33.2 Å². The maximum Gasteiger partial charge on any atom is 0.246 e. The topological polar surface area (TPSA) is 63.2 Å². The molecule has 1 saturated carbocycles. The Kier molecular flexibility index (Phi) is 5.68. The van der Waals surface area contributed by atoms with E-state index in [-0.39, 0.29) is 4.90 Å². The fourth-order valence-corrected chi connectivity index (χ4v) is 6.47. The van der Waals surface area contributed by atoms with Crippen LogP contribution in [-0.4, -0.2) is 25.3 Å². The minimum absolute atomic E-state index is 0.275. The van der Waals surface area contributed by atoms with Crippen LogP contribution in [0.5, 0.6) is 0 Å². The van der Waals surface area contributed by atoms with Crippen molar-refractivity contribution in [3.8, 4) is 0 Å². The van der Waals surface area contributed by atoms with Gasteiger partial charge < -0.3 is 5.32 Å². The lowest BCUT2D eigenvalue weighted by Gasteiger charge is -2.28. The van der Waals surface area contributed by atoms with Crippen molar-refractivity contribution in [2.75, 3.05) is 11.6 Å². The van der Waals surface area contributed by atoms with E-state index in [2.05, 4.69) is 5.32 Å². The SMILES string of the molecule is CSc1ccc(NC(=O)C2(S(=O)(=O)c3cc(C)ccc3C)CCCC2)cc1. The van der Waals surface area contributed by atoms with Crippen molar-refractivity contribution in [1.29, 1.82) is 0 Å². The molecule has 2 aromatic rings. The zero-order valence-corrected chi connectivity index (χ0v) is 17.5. The fourth-order valence-electron chi connectivity index (χ4n) is 3.69. The van der Waals surface area contributed by atoms with Crippen LogP contribution in [0.2, 0.25) is 0 Å². The molecule has 0 aliphatic heterocycles. The highest BCUT2D eigenvalue weighted by Gasteiger charge is 2.53. The molecular formula is C21H25NO3S2. The van der Waals surface area contributed by atoms with E-state index in [4.69, 9.17) is 0 Å². The van der Waals surface area contributed by atoms with Crippen molar-refractivity contribution in [2.24, 2.45) is 0 Å². The Bertz CT molecular complexity index is 944. The number of hydrogen-bond acceptors (Lipinski definition) is 4. The fraction of sp³-hybridized carbons (Fsp3) is 0.381. The molecule has 0 unspecified atom stereocenters. The van der Waals surface area contributed by atoms with Gasteiger partial charge in [0, 0.05) is 10.6 Å². The molecule has 3 rings (SSSR count). The molecule has 0 bridgehead atoms. The van der Waals surface area contributed by atoms with Gasteiger partial charge in [-0.15, -0.1) is 11.8 Å². The van der Waals surface area contributed by atoms with Crippen LogP contribution in [0.3, 0.4) is 0 Å². The lowest BCUT2D eigenvalue weighted by atomic mass is 10.1. The molecule has 0 heterocycles. The number of anilines is 1. The Morgan fingerprint density at radius 2 is 1.67 bits per heavy atom. The normalized spacial score (nSPS) is 16.3. The summed E-state index contributed by atoms with van der Waals surface area (Å²) in [4.78, 5) is 14.6. The van der Waals surface area contributed by atoms with E-state index in [9.17, 15) is 13.2 Å². The summed E-state index contributed by atoms with van der Waals surface area (Å²) in [5.74, 6) is -0.419. The van der Waals surface area contributed by atoms with Crippen LogP contribution in [-0.2, 0) is 14.6 Å². The molecule has 0 spiro atoms. The Morgan fingerprint density at radius 1 is 1.04 bits per heavy atom. The summed E-state index contributed by atoms with van der Waals surface area (Å²) in [6, 6.07) is 12.9. The number of benzene rings is 2. The monoisotopic (exact) mass is 403 g/mol. The zero-order valence-electron chi connectivity index (χ0n) is 15.9. The first-order valence-electron chi connectivity index (χ1n) is 9.07. The number of aryl methyl sites for hydroxylation is 2. The molecule has 144 valence electrons.